The standard InChI is InChI=1S/C14H17N3OS/c1-3-11-6-7-19-14(16-11)17-12-5-4-10(9-15)8-13(12)18-2/h4-5,8,11H,3,6-7H2,1-2H3,(H,16,17). The molecule has 1 N–H and O–H groups in total. The van der Waals surface area contributed by atoms with Crippen molar-refractivity contribution in [1.29, 1.82) is 5.26 Å². The fourth-order valence-corrected chi connectivity index (χ4v) is 2.89. The number of rotatable bonds is 3. The smallest absolute Gasteiger partial charge is 0.161 e. The number of amidine groups is 1. The second kappa shape index (κ2) is 6.48. The number of benzene rings is 1. The maximum atomic E-state index is 8.88. The molecule has 5 heteroatoms. The van der Waals surface area contributed by atoms with Gasteiger partial charge in [-0.3, -0.25) is 4.99 Å². The van der Waals surface area contributed by atoms with Crippen molar-refractivity contribution in [2.45, 2.75) is 25.8 Å². The maximum Gasteiger partial charge on any atom is 0.161 e. The Labute approximate surface area is 117 Å². The molecule has 0 aromatic heterocycles. The quantitative estimate of drug-likeness (QED) is 0.920. The molecule has 0 saturated heterocycles. The first-order valence-electron chi connectivity index (χ1n) is 6.32. The van der Waals surface area contributed by atoms with Gasteiger partial charge in [-0.15, -0.1) is 0 Å². The number of nitriles is 1. The average molecular weight is 275 g/mol. The average Bonchev–Trinajstić information content (AvgIpc) is 2.48. The number of nitrogens with zero attached hydrogens (tertiary/aromatic N) is 2. The van der Waals surface area contributed by atoms with Gasteiger partial charge in [0, 0.05) is 11.8 Å². The predicted molar refractivity (Wildman–Crippen MR) is 79.9 cm³/mol. The van der Waals surface area contributed by atoms with Gasteiger partial charge < -0.3 is 10.1 Å². The molecule has 1 aliphatic heterocycles. The zero-order chi connectivity index (χ0) is 13.7. The minimum atomic E-state index is 0.410. The van der Waals surface area contributed by atoms with Crippen LogP contribution in [0.15, 0.2) is 23.2 Å². The fraction of sp³-hybridized carbons (Fsp3) is 0.429. The lowest BCUT2D eigenvalue weighted by atomic mass is 10.2. The second-order valence-electron chi connectivity index (χ2n) is 4.29. The molecule has 100 valence electrons. The second-order valence-corrected chi connectivity index (χ2v) is 5.37. The highest BCUT2D eigenvalue weighted by molar-refractivity contribution is 8.14. The van der Waals surface area contributed by atoms with Gasteiger partial charge in [-0.05, 0) is 25.0 Å². The molecule has 1 atom stereocenters. The van der Waals surface area contributed by atoms with E-state index < -0.39 is 0 Å². The van der Waals surface area contributed by atoms with Crippen LogP contribution in [0.2, 0.25) is 0 Å². The lowest BCUT2D eigenvalue weighted by molar-refractivity contribution is 0.417. The van der Waals surface area contributed by atoms with Gasteiger partial charge in [-0.25, -0.2) is 0 Å². The molecule has 0 aliphatic carbocycles. The van der Waals surface area contributed by atoms with Crippen LogP contribution in [0.4, 0.5) is 5.69 Å². The highest BCUT2D eigenvalue weighted by Crippen LogP contribution is 2.28. The van der Waals surface area contributed by atoms with E-state index >= 15 is 0 Å². The number of ether oxygens (including phenoxy) is 1. The van der Waals surface area contributed by atoms with Crippen molar-refractivity contribution in [2.75, 3.05) is 18.2 Å². The van der Waals surface area contributed by atoms with Crippen molar-refractivity contribution in [3.8, 4) is 11.8 Å². The maximum absolute atomic E-state index is 8.88. The van der Waals surface area contributed by atoms with Crippen molar-refractivity contribution >= 4 is 22.6 Å². The summed E-state index contributed by atoms with van der Waals surface area (Å²) in [6.07, 6.45) is 2.20. The molecule has 0 saturated carbocycles. The Morgan fingerprint density at radius 1 is 1.58 bits per heavy atom. The topological polar surface area (TPSA) is 57.4 Å². The van der Waals surface area contributed by atoms with E-state index in [9.17, 15) is 0 Å². The summed E-state index contributed by atoms with van der Waals surface area (Å²) in [6.45, 7) is 2.16. The van der Waals surface area contributed by atoms with Crippen LogP contribution >= 0.6 is 11.8 Å². The molecular weight excluding hydrogens is 258 g/mol. The summed E-state index contributed by atoms with van der Waals surface area (Å²) in [5.41, 5.74) is 1.44. The van der Waals surface area contributed by atoms with Gasteiger partial charge in [-0.2, -0.15) is 5.26 Å². The number of methoxy groups -OCH3 is 1. The third-order valence-corrected chi connectivity index (χ3v) is 3.95. The molecule has 19 heavy (non-hydrogen) atoms. The Bertz CT molecular complexity index is 522. The van der Waals surface area contributed by atoms with Gasteiger partial charge in [0.15, 0.2) is 5.17 Å². The van der Waals surface area contributed by atoms with Gasteiger partial charge in [0.2, 0.25) is 0 Å². The van der Waals surface area contributed by atoms with Crippen LogP contribution in [-0.4, -0.2) is 24.1 Å². The first kappa shape index (κ1) is 13.8. The van der Waals surface area contributed by atoms with Gasteiger partial charge in [0.25, 0.3) is 0 Å². The highest BCUT2D eigenvalue weighted by atomic mass is 32.2. The normalized spacial score (nSPS) is 18.4. The van der Waals surface area contributed by atoms with E-state index in [0.717, 1.165) is 29.4 Å². The molecule has 0 bridgehead atoms. The van der Waals surface area contributed by atoms with E-state index in [-0.39, 0.29) is 0 Å². The molecule has 2 rings (SSSR count). The third kappa shape index (κ3) is 3.42. The molecule has 4 nitrogen and oxygen atoms in total. The third-order valence-electron chi connectivity index (χ3n) is 3.03. The zero-order valence-corrected chi connectivity index (χ0v) is 12.0. The highest BCUT2D eigenvalue weighted by Gasteiger charge is 2.15. The molecule has 0 radical (unpaired) electrons. The number of hydrogen-bond donors (Lipinski definition) is 1. The minimum Gasteiger partial charge on any atom is -0.495 e. The van der Waals surface area contributed by atoms with Crippen LogP contribution in [0, 0.1) is 11.3 Å². The summed E-state index contributed by atoms with van der Waals surface area (Å²) >= 11 is 1.72. The molecule has 1 aromatic carbocycles. The number of anilines is 1. The van der Waals surface area contributed by atoms with E-state index in [1.54, 1.807) is 31.0 Å². The zero-order valence-electron chi connectivity index (χ0n) is 11.1. The van der Waals surface area contributed by atoms with Crippen molar-refractivity contribution in [1.82, 2.24) is 0 Å². The first-order valence-corrected chi connectivity index (χ1v) is 7.31. The Hall–Kier alpha value is -1.67. The van der Waals surface area contributed by atoms with Crippen LogP contribution in [0.25, 0.3) is 0 Å². The van der Waals surface area contributed by atoms with Crippen molar-refractivity contribution in [3.63, 3.8) is 0 Å². The summed E-state index contributed by atoms with van der Waals surface area (Å²) in [5, 5.41) is 13.1. The number of thioether (sulfide) groups is 1. The molecule has 1 unspecified atom stereocenters. The molecule has 0 amide bonds. The lowest BCUT2D eigenvalue weighted by Crippen LogP contribution is -2.19. The fourth-order valence-electron chi connectivity index (χ4n) is 1.90. The molecule has 0 fully saturated rings. The first-order chi connectivity index (χ1) is 9.26. The van der Waals surface area contributed by atoms with Gasteiger partial charge >= 0.3 is 0 Å². The molecule has 0 spiro atoms. The molecular formula is C14H17N3OS. The summed E-state index contributed by atoms with van der Waals surface area (Å²) in [5.74, 6) is 1.75. The predicted octanol–water partition coefficient (Wildman–Crippen LogP) is 3.25. The van der Waals surface area contributed by atoms with Crippen molar-refractivity contribution in [3.05, 3.63) is 23.8 Å². The van der Waals surface area contributed by atoms with E-state index in [2.05, 4.69) is 23.3 Å². The minimum absolute atomic E-state index is 0.410. The van der Waals surface area contributed by atoms with Crippen LogP contribution < -0.4 is 10.1 Å². The van der Waals surface area contributed by atoms with Crippen molar-refractivity contribution < 1.29 is 4.74 Å². The number of nitrogens with one attached hydrogen (secondary N) is 1. The van der Waals surface area contributed by atoms with E-state index in [1.807, 2.05) is 6.07 Å². The lowest BCUT2D eigenvalue weighted by Gasteiger charge is -2.20. The van der Waals surface area contributed by atoms with E-state index in [0.29, 0.717) is 17.4 Å². The van der Waals surface area contributed by atoms with E-state index in [1.165, 1.54) is 0 Å². The Kier molecular flexibility index (Phi) is 4.69. The Balaban J connectivity index is 2.19. The van der Waals surface area contributed by atoms with Crippen LogP contribution in [-0.2, 0) is 0 Å². The van der Waals surface area contributed by atoms with Crippen LogP contribution in [0.3, 0.4) is 0 Å². The van der Waals surface area contributed by atoms with Crippen LogP contribution in [0.1, 0.15) is 25.3 Å². The monoisotopic (exact) mass is 275 g/mol. The molecule has 1 heterocycles. The number of hydrogen-bond acceptors (Lipinski definition) is 5. The summed E-state index contributed by atoms with van der Waals surface area (Å²) in [6, 6.07) is 7.88. The largest absolute Gasteiger partial charge is 0.495 e. The Morgan fingerprint density at radius 2 is 2.42 bits per heavy atom. The Morgan fingerprint density at radius 3 is 3.11 bits per heavy atom. The van der Waals surface area contributed by atoms with Gasteiger partial charge in [0.05, 0.1) is 30.5 Å². The summed E-state index contributed by atoms with van der Waals surface area (Å²) < 4.78 is 5.30. The van der Waals surface area contributed by atoms with Gasteiger partial charge in [0.1, 0.15) is 5.75 Å². The molecule has 1 aromatic rings. The van der Waals surface area contributed by atoms with Gasteiger partial charge in [-0.1, -0.05) is 18.7 Å². The van der Waals surface area contributed by atoms with E-state index in [4.69, 9.17) is 10.00 Å². The summed E-state index contributed by atoms with van der Waals surface area (Å²) in [4.78, 5) is 4.66. The summed E-state index contributed by atoms with van der Waals surface area (Å²) in [7, 11) is 1.60. The van der Waals surface area contributed by atoms with Crippen molar-refractivity contribution in [2.24, 2.45) is 4.99 Å². The molecule has 1 aliphatic rings. The number of aliphatic imine (C=N–C) groups is 1. The van der Waals surface area contributed by atoms with Crippen LogP contribution in [0.5, 0.6) is 5.75 Å². The SMILES string of the molecule is CCC1CCSC(Nc2ccc(C#N)cc2OC)=N1.